The lowest BCUT2D eigenvalue weighted by atomic mass is 9.91. The fourth-order valence-electron chi connectivity index (χ4n) is 3.43. The number of hydrogen-bond acceptors (Lipinski definition) is 9. The highest BCUT2D eigenvalue weighted by molar-refractivity contribution is 5.05. The van der Waals surface area contributed by atoms with Crippen molar-refractivity contribution in [3.8, 4) is 0 Å². The molecule has 0 spiro atoms. The van der Waals surface area contributed by atoms with E-state index in [0.29, 0.717) is 0 Å². The van der Waals surface area contributed by atoms with Gasteiger partial charge in [0.15, 0.2) is 6.29 Å². The van der Waals surface area contributed by atoms with Gasteiger partial charge in [-0.1, -0.05) is 0 Å². The molecule has 0 radical (unpaired) electrons. The van der Waals surface area contributed by atoms with E-state index >= 15 is 0 Å². The molecule has 1 saturated carbocycles. The summed E-state index contributed by atoms with van der Waals surface area (Å²) in [6, 6.07) is 0. The van der Waals surface area contributed by atoms with Gasteiger partial charge in [-0.05, 0) is 6.08 Å². The molecule has 9 nitrogen and oxygen atoms in total. The van der Waals surface area contributed by atoms with E-state index in [0.717, 1.165) is 0 Å². The van der Waals surface area contributed by atoms with E-state index in [2.05, 4.69) is 0 Å². The SMILES string of the molecule is OC[C@H]1O[C@@H](O[C@@H]2OC=C[C@@H]3[C@H]2[C@@H](O)C[C@H]3O)[C@H](O)[C@H](O)[C@@H]1O. The van der Waals surface area contributed by atoms with E-state index in [1.165, 1.54) is 6.26 Å². The van der Waals surface area contributed by atoms with Crippen LogP contribution in [0, 0.1) is 11.8 Å². The molecule has 3 aliphatic rings. The molecule has 0 amide bonds. The largest absolute Gasteiger partial charge is 0.472 e. The van der Waals surface area contributed by atoms with Gasteiger partial charge in [0.05, 0.1) is 31.0 Å². The molecule has 132 valence electrons. The van der Waals surface area contributed by atoms with Crippen molar-refractivity contribution in [1.29, 1.82) is 0 Å². The molecule has 2 aliphatic heterocycles. The maximum atomic E-state index is 10.1. The summed E-state index contributed by atoms with van der Waals surface area (Å²) in [5, 5.41) is 58.6. The first-order valence-corrected chi connectivity index (χ1v) is 7.58. The molecular formula is C14H22O9. The highest BCUT2D eigenvalue weighted by Crippen LogP contribution is 2.40. The monoisotopic (exact) mass is 334 g/mol. The molecule has 9 heteroatoms. The van der Waals surface area contributed by atoms with E-state index in [9.17, 15) is 25.5 Å². The average Bonchev–Trinajstić information content (AvgIpc) is 2.83. The Labute approximate surface area is 132 Å². The van der Waals surface area contributed by atoms with Crippen molar-refractivity contribution in [2.24, 2.45) is 11.8 Å². The molecule has 0 aromatic heterocycles. The molecule has 10 atom stereocenters. The summed E-state index contributed by atoms with van der Waals surface area (Å²) in [5.74, 6) is -0.906. The van der Waals surface area contributed by atoms with Crippen molar-refractivity contribution in [2.45, 2.75) is 55.6 Å². The van der Waals surface area contributed by atoms with E-state index in [4.69, 9.17) is 19.3 Å². The quantitative estimate of drug-likeness (QED) is 0.318. The minimum atomic E-state index is -1.56. The van der Waals surface area contributed by atoms with E-state index < -0.39 is 61.7 Å². The van der Waals surface area contributed by atoms with Crippen molar-refractivity contribution in [2.75, 3.05) is 6.61 Å². The number of aliphatic hydroxyl groups is 6. The summed E-state index contributed by atoms with van der Waals surface area (Å²) in [7, 11) is 0. The fraction of sp³-hybridized carbons (Fsp3) is 0.857. The van der Waals surface area contributed by atoms with Crippen LogP contribution in [0.1, 0.15) is 6.42 Å². The van der Waals surface area contributed by atoms with E-state index in [-0.39, 0.29) is 12.3 Å². The Kier molecular flexibility index (Phi) is 4.90. The van der Waals surface area contributed by atoms with Gasteiger partial charge in [-0.3, -0.25) is 0 Å². The van der Waals surface area contributed by atoms with Crippen molar-refractivity contribution in [3.63, 3.8) is 0 Å². The summed E-state index contributed by atoms with van der Waals surface area (Å²) in [4.78, 5) is 0. The van der Waals surface area contributed by atoms with E-state index in [1.54, 1.807) is 6.08 Å². The zero-order valence-electron chi connectivity index (χ0n) is 12.3. The predicted octanol–water partition coefficient (Wildman–Crippen LogP) is -2.97. The lowest BCUT2D eigenvalue weighted by Crippen LogP contribution is -2.60. The molecule has 3 rings (SSSR count). The zero-order valence-corrected chi connectivity index (χ0v) is 12.3. The molecule has 2 heterocycles. The number of hydrogen-bond donors (Lipinski definition) is 6. The summed E-state index contributed by atoms with van der Waals surface area (Å²) in [5.41, 5.74) is 0. The zero-order chi connectivity index (χ0) is 16.7. The number of fused-ring (bicyclic) bond motifs is 1. The maximum absolute atomic E-state index is 10.1. The van der Waals surface area contributed by atoms with Gasteiger partial charge in [-0.25, -0.2) is 0 Å². The standard InChI is InChI=1S/C14H22O9/c15-4-8-10(18)11(19)12(20)14(22-8)23-13-9-5(1-2-21-13)6(16)3-7(9)17/h1-2,5-20H,3-4H2/t5-,6+,7-,8+,9-,10+,11+,12+,13-,14-/m0/s1. The maximum Gasteiger partial charge on any atom is 0.207 e. The van der Waals surface area contributed by atoms with Gasteiger partial charge in [-0.2, -0.15) is 0 Å². The van der Waals surface area contributed by atoms with Crippen LogP contribution in [0.4, 0.5) is 0 Å². The Morgan fingerprint density at radius 2 is 1.70 bits per heavy atom. The van der Waals surface area contributed by atoms with Gasteiger partial charge in [0.1, 0.15) is 24.4 Å². The Balaban J connectivity index is 1.72. The highest BCUT2D eigenvalue weighted by atomic mass is 16.8. The minimum Gasteiger partial charge on any atom is -0.472 e. The van der Waals surface area contributed by atoms with Gasteiger partial charge in [0.25, 0.3) is 0 Å². The minimum absolute atomic E-state index is 0.178. The Morgan fingerprint density at radius 1 is 0.957 bits per heavy atom. The second kappa shape index (κ2) is 6.61. The van der Waals surface area contributed by atoms with Gasteiger partial charge < -0.3 is 44.8 Å². The first kappa shape index (κ1) is 17.1. The normalized spacial score (nSPS) is 53.0. The Bertz CT molecular complexity index is 442. The van der Waals surface area contributed by atoms with Crippen LogP contribution in [0.2, 0.25) is 0 Å². The van der Waals surface area contributed by atoms with Crippen LogP contribution in [-0.2, 0) is 14.2 Å². The molecule has 1 saturated heterocycles. The topological polar surface area (TPSA) is 149 Å². The van der Waals surface area contributed by atoms with Gasteiger partial charge in [0.2, 0.25) is 6.29 Å². The smallest absolute Gasteiger partial charge is 0.207 e. The number of aliphatic hydroxyl groups excluding tert-OH is 6. The van der Waals surface area contributed by atoms with Crippen LogP contribution >= 0.6 is 0 Å². The molecule has 0 bridgehead atoms. The Morgan fingerprint density at radius 3 is 2.39 bits per heavy atom. The fourth-order valence-corrected chi connectivity index (χ4v) is 3.43. The van der Waals surface area contributed by atoms with Crippen LogP contribution in [0.3, 0.4) is 0 Å². The Hall–Kier alpha value is -0.780. The van der Waals surface area contributed by atoms with Crippen LogP contribution in [0.5, 0.6) is 0 Å². The molecule has 1 aliphatic carbocycles. The third kappa shape index (κ3) is 2.99. The third-order valence-electron chi connectivity index (χ3n) is 4.76. The third-order valence-corrected chi connectivity index (χ3v) is 4.76. The van der Waals surface area contributed by atoms with Crippen molar-refractivity contribution in [1.82, 2.24) is 0 Å². The summed E-state index contributed by atoms with van der Waals surface area (Å²) in [6.45, 7) is -0.566. The van der Waals surface area contributed by atoms with Crippen molar-refractivity contribution < 1.29 is 44.8 Å². The molecular weight excluding hydrogens is 312 g/mol. The molecule has 2 fully saturated rings. The first-order valence-electron chi connectivity index (χ1n) is 7.58. The molecule has 0 aromatic carbocycles. The molecule has 23 heavy (non-hydrogen) atoms. The predicted molar refractivity (Wildman–Crippen MR) is 72.5 cm³/mol. The van der Waals surface area contributed by atoms with Crippen LogP contribution in [0.25, 0.3) is 0 Å². The van der Waals surface area contributed by atoms with Gasteiger partial charge in [-0.15, -0.1) is 0 Å². The lowest BCUT2D eigenvalue weighted by Gasteiger charge is -2.42. The number of ether oxygens (including phenoxy) is 3. The summed E-state index contributed by atoms with van der Waals surface area (Å²) < 4.78 is 16.1. The van der Waals surface area contributed by atoms with Crippen LogP contribution in [0.15, 0.2) is 12.3 Å². The van der Waals surface area contributed by atoms with Crippen LogP contribution < -0.4 is 0 Å². The van der Waals surface area contributed by atoms with Gasteiger partial charge >= 0.3 is 0 Å². The first-order chi connectivity index (χ1) is 10.9. The van der Waals surface area contributed by atoms with Crippen molar-refractivity contribution >= 4 is 0 Å². The van der Waals surface area contributed by atoms with E-state index in [1.807, 2.05) is 0 Å². The lowest BCUT2D eigenvalue weighted by molar-refractivity contribution is -0.343. The average molecular weight is 334 g/mol. The second-order valence-electron chi connectivity index (χ2n) is 6.19. The van der Waals surface area contributed by atoms with Gasteiger partial charge in [0, 0.05) is 12.3 Å². The van der Waals surface area contributed by atoms with Crippen molar-refractivity contribution in [3.05, 3.63) is 12.3 Å². The highest BCUT2D eigenvalue weighted by Gasteiger charge is 2.51. The molecule has 0 aromatic rings. The van der Waals surface area contributed by atoms with Crippen LogP contribution in [-0.4, -0.2) is 86.4 Å². The summed E-state index contributed by atoms with van der Waals surface area (Å²) >= 11 is 0. The molecule has 6 N–H and O–H groups in total. The second-order valence-corrected chi connectivity index (χ2v) is 6.19. The number of rotatable bonds is 3. The summed E-state index contributed by atoms with van der Waals surface area (Å²) in [6.07, 6.45) is -6.45. The molecule has 0 unspecified atom stereocenters.